The Morgan fingerprint density at radius 1 is 0.538 bits per heavy atom. The first-order valence-electron chi connectivity index (χ1n) is 17.9. The molecule has 8 atom stereocenters. The zero-order chi connectivity index (χ0) is 37.5. The van der Waals surface area contributed by atoms with Crippen molar-refractivity contribution in [3.63, 3.8) is 0 Å². The third-order valence-corrected chi connectivity index (χ3v) is 23.2. The van der Waals surface area contributed by atoms with E-state index in [2.05, 4.69) is 0 Å². The van der Waals surface area contributed by atoms with Crippen LogP contribution >= 0.6 is 7.92 Å². The molecule has 8 unspecified atom stereocenters. The van der Waals surface area contributed by atoms with Gasteiger partial charge in [0, 0.05) is 47.3 Å². The minimum Gasteiger partial charge on any atom is -0.481 e. The topological polar surface area (TPSA) is 255 Å². The first-order chi connectivity index (χ1) is 23.0. The van der Waals surface area contributed by atoms with E-state index < -0.39 is 85.7 Å². The molecule has 0 bridgehead atoms. The molecule has 4 fully saturated rings. The van der Waals surface area contributed by atoms with Gasteiger partial charge in [0.25, 0.3) is 40.5 Å². The van der Waals surface area contributed by atoms with E-state index in [1.54, 1.807) is 0 Å². The Kier molecular flexibility index (Phi) is 17.6. The zero-order valence-corrected chi connectivity index (χ0v) is 36.7. The SMILES string of the molecule is CCC(C1CCC(S(=O)(=O)O)C1)(C1CCC(S(=O)(=O)O)C1)P(CCCCC(=O)O)C(CC)(C1CCC(S(=O)(=O)O)C1)C1CCC(S(=O)(=O)O)C1.[Pd].[Pd]. The molecule has 0 radical (unpaired) electrons. The summed E-state index contributed by atoms with van der Waals surface area (Å²) in [6.07, 6.45) is 4.92. The molecule has 4 aliphatic carbocycles. The van der Waals surface area contributed by atoms with Crippen LogP contribution in [0.5, 0.6) is 0 Å². The van der Waals surface area contributed by atoms with E-state index in [9.17, 15) is 61.8 Å². The molecule has 4 rings (SSSR count). The van der Waals surface area contributed by atoms with Crippen LogP contribution in [-0.4, -0.2) is 100 Å². The van der Waals surface area contributed by atoms with Gasteiger partial charge in [-0.05, 0) is 143 Å². The summed E-state index contributed by atoms with van der Waals surface area (Å²) < 4.78 is 141. The molecule has 312 valence electrons. The average molecular weight is 1020 g/mol. The van der Waals surface area contributed by atoms with E-state index >= 15 is 0 Å². The van der Waals surface area contributed by atoms with E-state index in [0.29, 0.717) is 57.5 Å². The van der Waals surface area contributed by atoms with E-state index in [4.69, 9.17) is 0 Å². The molecular weight excluding hydrogens is 968 g/mol. The first-order valence-corrected chi connectivity index (χ1v) is 25.4. The van der Waals surface area contributed by atoms with Crippen LogP contribution in [0.2, 0.25) is 0 Å². The quantitative estimate of drug-likeness (QED) is 0.0541. The molecule has 5 N–H and O–H groups in total. The first kappa shape index (κ1) is 49.0. The van der Waals surface area contributed by atoms with Crippen molar-refractivity contribution in [3.8, 4) is 0 Å². The van der Waals surface area contributed by atoms with Gasteiger partial charge >= 0.3 is 5.97 Å². The molecule has 0 amide bonds. The van der Waals surface area contributed by atoms with Crippen molar-refractivity contribution in [1.82, 2.24) is 0 Å². The van der Waals surface area contributed by atoms with Crippen molar-refractivity contribution in [3.05, 3.63) is 0 Å². The molecule has 0 aromatic carbocycles. The molecule has 52 heavy (non-hydrogen) atoms. The molecule has 0 spiro atoms. The summed E-state index contributed by atoms with van der Waals surface area (Å²) in [7, 11) is -19.1. The maximum atomic E-state index is 12.5. The summed E-state index contributed by atoms with van der Waals surface area (Å²) in [6.45, 7) is 3.94. The monoisotopic (exact) mass is 1020 g/mol. The summed E-state index contributed by atoms with van der Waals surface area (Å²) in [5, 5.41) is 3.80. The van der Waals surface area contributed by atoms with Gasteiger partial charge in [0.1, 0.15) is 0 Å². The summed E-state index contributed by atoms with van der Waals surface area (Å²) in [5.74, 6) is -2.26. The predicted octanol–water partition coefficient (Wildman–Crippen LogP) is 5.24. The van der Waals surface area contributed by atoms with Gasteiger partial charge in [0.15, 0.2) is 0 Å². The van der Waals surface area contributed by atoms with Crippen LogP contribution in [0.25, 0.3) is 0 Å². The largest absolute Gasteiger partial charge is 0.481 e. The van der Waals surface area contributed by atoms with Crippen molar-refractivity contribution >= 4 is 54.4 Å². The van der Waals surface area contributed by atoms with Crippen LogP contribution in [-0.2, 0) is 86.1 Å². The number of aliphatic carboxylic acids is 1. The molecule has 0 aliphatic heterocycles. The predicted molar refractivity (Wildman–Crippen MR) is 190 cm³/mol. The molecule has 4 saturated carbocycles. The van der Waals surface area contributed by atoms with Gasteiger partial charge in [-0.3, -0.25) is 23.0 Å². The van der Waals surface area contributed by atoms with Gasteiger partial charge in [0.2, 0.25) is 0 Å². The molecule has 4 aliphatic rings. The average Bonchev–Trinajstić information content (AvgIpc) is 3.81. The Morgan fingerprint density at radius 3 is 1.00 bits per heavy atom. The summed E-state index contributed by atoms with van der Waals surface area (Å²) >= 11 is 0. The Bertz CT molecular complexity index is 1460. The zero-order valence-electron chi connectivity index (χ0n) is 29.5. The second-order valence-electron chi connectivity index (χ2n) is 15.3. The Labute approximate surface area is 338 Å². The third-order valence-electron chi connectivity index (χ3n) is 13.2. The van der Waals surface area contributed by atoms with Crippen LogP contribution in [0, 0.1) is 23.7 Å². The second kappa shape index (κ2) is 18.6. The standard InChI is InChI=1S/C31H55O14PS4.2Pd/c1-3-30(21-8-12-25(17-21)47(34,35)36,22-9-13-26(18-22)48(37,38)39)46(16-6-5-7-29(32)33)31(4-2,23-10-14-27(19-23)49(40,41)42)24-11-15-28(20-24)50(43,44)45;;/h21-28H,3-20H2,1-2H3,(H,32,33)(H,34,35,36)(H,37,38,39)(H,40,41,42)(H,43,44,45);;. The van der Waals surface area contributed by atoms with Gasteiger partial charge in [0.05, 0.1) is 21.0 Å². The maximum absolute atomic E-state index is 12.5. The number of carboxylic acid groups (broad SMARTS) is 1. The van der Waals surface area contributed by atoms with Gasteiger partial charge < -0.3 is 5.11 Å². The number of hydrogen-bond donors (Lipinski definition) is 5. The number of rotatable bonds is 17. The van der Waals surface area contributed by atoms with E-state index in [1.165, 1.54) is 0 Å². The molecule has 0 heterocycles. The molecule has 14 nitrogen and oxygen atoms in total. The minimum atomic E-state index is -4.42. The van der Waals surface area contributed by atoms with Crippen molar-refractivity contribution in [2.75, 3.05) is 6.16 Å². The Balaban J connectivity index is 0.00000468. The summed E-state index contributed by atoms with van der Waals surface area (Å²) in [6, 6.07) is 0. The minimum absolute atomic E-state index is 0. The van der Waals surface area contributed by atoms with Crippen LogP contribution in [0.1, 0.15) is 123 Å². The molecule has 21 heteroatoms. The second-order valence-corrected chi connectivity index (χ2v) is 25.0. The van der Waals surface area contributed by atoms with E-state index in [1.807, 2.05) is 13.8 Å². The molecule has 0 saturated heterocycles. The molecular formula is C31H55O14PPd2S4. The molecule has 0 aromatic heterocycles. The van der Waals surface area contributed by atoms with Crippen LogP contribution in [0.3, 0.4) is 0 Å². The fourth-order valence-electron chi connectivity index (χ4n) is 11.1. The maximum Gasteiger partial charge on any atom is 0.303 e. The van der Waals surface area contributed by atoms with E-state index in [0.717, 1.165) is 0 Å². The summed E-state index contributed by atoms with van der Waals surface area (Å²) in [5.41, 5.74) is 0. The van der Waals surface area contributed by atoms with Crippen molar-refractivity contribution < 1.29 is 103 Å². The Hall–Kier alpha value is 0.865. The van der Waals surface area contributed by atoms with Gasteiger partial charge in [-0.1, -0.05) is 21.8 Å². The fraction of sp³-hybridized carbons (Fsp3) is 0.968. The number of carbonyl (C=O) groups is 1. The normalized spacial score (nSPS) is 33.0. The fourth-order valence-corrected chi connectivity index (χ4v) is 20.3. The van der Waals surface area contributed by atoms with Crippen molar-refractivity contribution in [2.45, 2.75) is 154 Å². The third kappa shape index (κ3) is 10.5. The van der Waals surface area contributed by atoms with Gasteiger partial charge in [-0.2, -0.15) is 33.7 Å². The molecule has 0 aromatic rings. The number of hydrogen-bond acceptors (Lipinski definition) is 9. The van der Waals surface area contributed by atoms with Gasteiger partial charge in [-0.15, -0.1) is 0 Å². The number of carboxylic acids is 1. The van der Waals surface area contributed by atoms with Crippen LogP contribution in [0.15, 0.2) is 0 Å². The van der Waals surface area contributed by atoms with Gasteiger partial charge in [-0.25, -0.2) is 0 Å². The number of unbranched alkanes of at least 4 members (excludes halogenated alkanes) is 1. The van der Waals surface area contributed by atoms with Crippen LogP contribution < -0.4 is 0 Å². The van der Waals surface area contributed by atoms with Crippen molar-refractivity contribution in [2.24, 2.45) is 23.7 Å². The van der Waals surface area contributed by atoms with E-state index in [-0.39, 0.29) is 122 Å². The summed E-state index contributed by atoms with van der Waals surface area (Å²) in [4.78, 5) is 11.6. The van der Waals surface area contributed by atoms with Crippen molar-refractivity contribution in [1.29, 1.82) is 0 Å². The Morgan fingerprint density at radius 2 is 0.808 bits per heavy atom. The smallest absolute Gasteiger partial charge is 0.303 e. The van der Waals surface area contributed by atoms with Crippen LogP contribution in [0.4, 0.5) is 0 Å².